The standard InChI is InChI=1S/C9H17NO3S/c1-8-6-10(7-8)9(11)4-3-5-14(2,12)13/h8H,3-7H2,1-2H3. The first-order valence-electron chi connectivity index (χ1n) is 4.84. The SMILES string of the molecule is CC1CN(C(=O)CCCS(C)(=O)=O)C1. The van der Waals surface area contributed by atoms with Crippen LogP contribution in [0.25, 0.3) is 0 Å². The summed E-state index contributed by atoms with van der Waals surface area (Å²) in [5.41, 5.74) is 0. The monoisotopic (exact) mass is 219 g/mol. The van der Waals surface area contributed by atoms with E-state index in [4.69, 9.17) is 0 Å². The zero-order valence-electron chi connectivity index (χ0n) is 8.69. The maximum Gasteiger partial charge on any atom is 0.222 e. The summed E-state index contributed by atoms with van der Waals surface area (Å²) in [6.45, 7) is 3.76. The highest BCUT2D eigenvalue weighted by molar-refractivity contribution is 7.90. The van der Waals surface area contributed by atoms with Crippen molar-refractivity contribution in [1.82, 2.24) is 4.90 Å². The van der Waals surface area contributed by atoms with Crippen molar-refractivity contribution in [2.75, 3.05) is 25.1 Å². The Kier molecular flexibility index (Phi) is 3.53. The molecule has 0 aromatic rings. The lowest BCUT2D eigenvalue weighted by Crippen LogP contribution is -2.48. The van der Waals surface area contributed by atoms with Crippen molar-refractivity contribution in [1.29, 1.82) is 0 Å². The third-order valence-electron chi connectivity index (χ3n) is 2.32. The van der Waals surface area contributed by atoms with Crippen LogP contribution in [0.5, 0.6) is 0 Å². The van der Waals surface area contributed by atoms with Crippen LogP contribution in [0.15, 0.2) is 0 Å². The summed E-state index contributed by atoms with van der Waals surface area (Å²) in [6, 6.07) is 0. The van der Waals surface area contributed by atoms with Crippen LogP contribution in [0.4, 0.5) is 0 Å². The number of nitrogens with zero attached hydrogens (tertiary/aromatic N) is 1. The fraction of sp³-hybridized carbons (Fsp3) is 0.889. The quantitative estimate of drug-likeness (QED) is 0.683. The molecule has 0 bridgehead atoms. The fourth-order valence-corrected chi connectivity index (χ4v) is 2.22. The minimum absolute atomic E-state index is 0.0896. The minimum atomic E-state index is -2.92. The van der Waals surface area contributed by atoms with Gasteiger partial charge in [-0.15, -0.1) is 0 Å². The number of sulfone groups is 1. The second-order valence-electron chi connectivity index (χ2n) is 4.14. The maximum atomic E-state index is 11.4. The van der Waals surface area contributed by atoms with Gasteiger partial charge < -0.3 is 4.90 Å². The van der Waals surface area contributed by atoms with E-state index in [0.717, 1.165) is 13.1 Å². The summed E-state index contributed by atoms with van der Waals surface area (Å²) >= 11 is 0. The molecule has 1 saturated heterocycles. The van der Waals surface area contributed by atoms with Crippen molar-refractivity contribution >= 4 is 15.7 Å². The molecule has 0 radical (unpaired) electrons. The predicted molar refractivity (Wildman–Crippen MR) is 54.7 cm³/mol. The highest BCUT2D eigenvalue weighted by atomic mass is 32.2. The zero-order chi connectivity index (χ0) is 10.8. The van der Waals surface area contributed by atoms with Crippen LogP contribution in [-0.4, -0.2) is 44.3 Å². The molecule has 5 heteroatoms. The number of hydrogen-bond donors (Lipinski definition) is 0. The van der Waals surface area contributed by atoms with Crippen LogP contribution in [-0.2, 0) is 14.6 Å². The lowest BCUT2D eigenvalue weighted by molar-refractivity contribution is -0.137. The third-order valence-corrected chi connectivity index (χ3v) is 3.35. The Morgan fingerprint density at radius 3 is 2.43 bits per heavy atom. The number of amides is 1. The summed E-state index contributed by atoms with van der Waals surface area (Å²) in [4.78, 5) is 13.2. The van der Waals surface area contributed by atoms with Gasteiger partial charge >= 0.3 is 0 Å². The van der Waals surface area contributed by atoms with Crippen LogP contribution in [0.1, 0.15) is 19.8 Å². The summed E-state index contributed by atoms with van der Waals surface area (Å²) in [6.07, 6.45) is 2.01. The molecule has 14 heavy (non-hydrogen) atoms. The molecule has 1 aliphatic rings. The summed E-state index contributed by atoms with van der Waals surface area (Å²) in [5.74, 6) is 0.808. The van der Waals surface area contributed by atoms with Gasteiger partial charge in [-0.1, -0.05) is 6.92 Å². The lowest BCUT2D eigenvalue weighted by atomic mass is 10.0. The van der Waals surface area contributed by atoms with E-state index in [0.29, 0.717) is 18.8 Å². The van der Waals surface area contributed by atoms with Crippen molar-refractivity contribution in [3.8, 4) is 0 Å². The molecule has 0 unspecified atom stereocenters. The van der Waals surface area contributed by atoms with Gasteiger partial charge in [0.05, 0.1) is 5.75 Å². The lowest BCUT2D eigenvalue weighted by Gasteiger charge is -2.37. The average Bonchev–Trinajstić information content (AvgIpc) is 1.96. The maximum absolute atomic E-state index is 11.4. The molecule has 0 aromatic heterocycles. The van der Waals surface area contributed by atoms with Gasteiger partial charge in [0.2, 0.25) is 5.91 Å². The van der Waals surface area contributed by atoms with Crippen molar-refractivity contribution in [2.24, 2.45) is 5.92 Å². The van der Waals surface area contributed by atoms with E-state index in [1.807, 2.05) is 0 Å². The smallest absolute Gasteiger partial charge is 0.222 e. The number of carbonyl (C=O) groups excluding carboxylic acids is 1. The van der Waals surface area contributed by atoms with Crippen molar-refractivity contribution in [2.45, 2.75) is 19.8 Å². The normalized spacial score (nSPS) is 18.0. The van der Waals surface area contributed by atoms with E-state index in [1.165, 1.54) is 6.26 Å². The summed E-state index contributed by atoms with van der Waals surface area (Å²) in [5, 5.41) is 0. The highest BCUT2D eigenvalue weighted by Crippen LogP contribution is 2.15. The molecule has 1 rings (SSSR count). The topological polar surface area (TPSA) is 54.5 Å². The Morgan fingerprint density at radius 2 is 2.00 bits per heavy atom. The van der Waals surface area contributed by atoms with Crippen molar-refractivity contribution < 1.29 is 13.2 Å². The molecule has 4 nitrogen and oxygen atoms in total. The van der Waals surface area contributed by atoms with E-state index < -0.39 is 9.84 Å². The second kappa shape index (κ2) is 4.29. The molecular formula is C9H17NO3S. The molecule has 0 aliphatic carbocycles. The van der Waals surface area contributed by atoms with Gasteiger partial charge in [-0.05, 0) is 12.3 Å². The van der Waals surface area contributed by atoms with Gasteiger partial charge in [-0.3, -0.25) is 4.79 Å². The Labute approximate surface area is 85.2 Å². The Balaban J connectivity index is 2.16. The highest BCUT2D eigenvalue weighted by Gasteiger charge is 2.26. The Hall–Kier alpha value is -0.580. The van der Waals surface area contributed by atoms with Gasteiger partial charge in [0.25, 0.3) is 0 Å². The van der Waals surface area contributed by atoms with Crippen molar-refractivity contribution in [3.63, 3.8) is 0 Å². The number of rotatable bonds is 4. The fourth-order valence-electron chi connectivity index (χ4n) is 1.55. The first-order valence-corrected chi connectivity index (χ1v) is 6.90. The van der Waals surface area contributed by atoms with Crippen LogP contribution < -0.4 is 0 Å². The summed E-state index contributed by atoms with van der Waals surface area (Å²) < 4.78 is 21.6. The molecule has 0 atom stereocenters. The number of likely N-dealkylation sites (tertiary alicyclic amines) is 1. The molecule has 1 aliphatic heterocycles. The Bertz CT molecular complexity index is 304. The van der Waals surface area contributed by atoms with E-state index >= 15 is 0 Å². The zero-order valence-corrected chi connectivity index (χ0v) is 9.51. The number of carbonyl (C=O) groups is 1. The molecule has 1 amide bonds. The largest absolute Gasteiger partial charge is 0.342 e. The van der Waals surface area contributed by atoms with E-state index in [1.54, 1.807) is 4.90 Å². The van der Waals surface area contributed by atoms with E-state index in [9.17, 15) is 13.2 Å². The molecule has 0 saturated carbocycles. The van der Waals surface area contributed by atoms with Gasteiger partial charge in [-0.25, -0.2) is 8.42 Å². The van der Waals surface area contributed by atoms with E-state index in [-0.39, 0.29) is 11.7 Å². The molecule has 0 spiro atoms. The van der Waals surface area contributed by atoms with Crippen molar-refractivity contribution in [3.05, 3.63) is 0 Å². The van der Waals surface area contributed by atoms with Crippen LogP contribution in [0.2, 0.25) is 0 Å². The molecule has 0 N–H and O–H groups in total. The molecule has 0 aromatic carbocycles. The van der Waals surface area contributed by atoms with Gasteiger partial charge in [-0.2, -0.15) is 0 Å². The minimum Gasteiger partial charge on any atom is -0.342 e. The first kappa shape index (κ1) is 11.5. The van der Waals surface area contributed by atoms with Crippen LogP contribution in [0, 0.1) is 5.92 Å². The van der Waals surface area contributed by atoms with Gasteiger partial charge in [0, 0.05) is 25.8 Å². The average molecular weight is 219 g/mol. The first-order chi connectivity index (χ1) is 6.38. The third kappa shape index (κ3) is 3.65. The second-order valence-corrected chi connectivity index (χ2v) is 6.40. The Morgan fingerprint density at radius 1 is 1.43 bits per heavy atom. The predicted octanol–water partition coefficient (Wildman–Crippen LogP) is 0.290. The van der Waals surface area contributed by atoms with Crippen LogP contribution >= 0.6 is 0 Å². The van der Waals surface area contributed by atoms with E-state index in [2.05, 4.69) is 6.92 Å². The van der Waals surface area contributed by atoms with Crippen LogP contribution in [0.3, 0.4) is 0 Å². The molecular weight excluding hydrogens is 202 g/mol. The number of hydrogen-bond acceptors (Lipinski definition) is 3. The molecule has 1 heterocycles. The van der Waals surface area contributed by atoms with Gasteiger partial charge in [0.1, 0.15) is 9.84 Å². The molecule has 1 fully saturated rings. The molecule has 82 valence electrons. The van der Waals surface area contributed by atoms with Gasteiger partial charge in [0.15, 0.2) is 0 Å². The summed E-state index contributed by atoms with van der Waals surface area (Å²) in [7, 11) is -2.92.